The van der Waals surface area contributed by atoms with Crippen LogP contribution in [0.2, 0.25) is 0 Å². The smallest absolute Gasteiger partial charge is 0.328 e. The Morgan fingerprint density at radius 1 is 1.73 bits per heavy atom. The summed E-state index contributed by atoms with van der Waals surface area (Å²) < 4.78 is 0. The maximum Gasteiger partial charge on any atom is 0.328 e. The van der Waals surface area contributed by atoms with E-state index in [9.17, 15) is 9.59 Å². The highest BCUT2D eigenvalue weighted by Gasteiger charge is 2.16. The molecule has 0 aromatic rings. The highest BCUT2D eigenvalue weighted by atomic mass is 16.4. The summed E-state index contributed by atoms with van der Waals surface area (Å²) in [6.45, 7) is 2.94. The van der Waals surface area contributed by atoms with E-state index in [4.69, 9.17) is 5.11 Å². The van der Waals surface area contributed by atoms with E-state index in [0.29, 0.717) is 19.5 Å². The van der Waals surface area contributed by atoms with Gasteiger partial charge in [0.15, 0.2) is 0 Å². The number of hydrogen-bond acceptors (Lipinski definition) is 3. The molecule has 1 aliphatic rings. The van der Waals surface area contributed by atoms with Gasteiger partial charge in [-0.25, -0.2) is 4.79 Å². The number of hydrogen-bond donors (Lipinski definition) is 3. The molecule has 0 bridgehead atoms. The summed E-state index contributed by atoms with van der Waals surface area (Å²) in [7, 11) is 0. The largest absolute Gasteiger partial charge is 0.478 e. The fraction of sp³-hybridized carbons (Fsp3) is 0.600. The first kappa shape index (κ1) is 11.7. The van der Waals surface area contributed by atoms with Gasteiger partial charge in [0.2, 0.25) is 5.91 Å². The number of carbonyl (C=O) groups excluding carboxylic acids is 1. The van der Waals surface area contributed by atoms with Crippen LogP contribution < -0.4 is 10.6 Å². The highest BCUT2D eigenvalue weighted by Crippen LogP contribution is 2.03. The molecule has 1 fully saturated rings. The molecule has 1 amide bonds. The number of amides is 1. The van der Waals surface area contributed by atoms with Crippen LogP contribution in [0.5, 0.6) is 0 Å². The molecule has 15 heavy (non-hydrogen) atoms. The van der Waals surface area contributed by atoms with Crippen molar-refractivity contribution in [2.45, 2.75) is 25.8 Å². The van der Waals surface area contributed by atoms with Crippen molar-refractivity contribution in [3.63, 3.8) is 0 Å². The zero-order chi connectivity index (χ0) is 11.3. The summed E-state index contributed by atoms with van der Waals surface area (Å²) in [5, 5.41) is 14.5. The van der Waals surface area contributed by atoms with E-state index in [1.807, 2.05) is 0 Å². The van der Waals surface area contributed by atoms with E-state index >= 15 is 0 Å². The molecule has 0 aliphatic carbocycles. The van der Waals surface area contributed by atoms with Crippen LogP contribution in [0, 0.1) is 0 Å². The molecule has 1 aliphatic heterocycles. The van der Waals surface area contributed by atoms with Crippen LogP contribution in [0.4, 0.5) is 0 Å². The Hall–Kier alpha value is -1.36. The lowest BCUT2D eigenvalue weighted by atomic mass is 10.1. The molecule has 0 aromatic heterocycles. The van der Waals surface area contributed by atoms with Crippen LogP contribution in [0.3, 0.4) is 0 Å². The molecule has 5 heteroatoms. The third-order valence-corrected chi connectivity index (χ3v) is 2.30. The van der Waals surface area contributed by atoms with Gasteiger partial charge in [0, 0.05) is 31.6 Å². The Balaban J connectivity index is 2.25. The van der Waals surface area contributed by atoms with Crippen LogP contribution >= 0.6 is 0 Å². The van der Waals surface area contributed by atoms with E-state index in [-0.39, 0.29) is 11.9 Å². The zero-order valence-electron chi connectivity index (χ0n) is 8.75. The number of carboxylic acid groups (broad SMARTS) is 1. The van der Waals surface area contributed by atoms with Crippen molar-refractivity contribution >= 4 is 11.9 Å². The fourth-order valence-corrected chi connectivity index (χ4v) is 1.47. The lowest BCUT2D eigenvalue weighted by molar-refractivity contribution is -0.131. The van der Waals surface area contributed by atoms with E-state index in [0.717, 1.165) is 12.0 Å². The van der Waals surface area contributed by atoms with Crippen molar-refractivity contribution in [3.8, 4) is 0 Å². The molecule has 1 rings (SSSR count). The topological polar surface area (TPSA) is 78.4 Å². The van der Waals surface area contributed by atoms with Gasteiger partial charge in [-0.2, -0.15) is 0 Å². The van der Waals surface area contributed by atoms with Crippen molar-refractivity contribution in [3.05, 3.63) is 11.6 Å². The third-order valence-electron chi connectivity index (χ3n) is 2.30. The second kappa shape index (κ2) is 5.50. The summed E-state index contributed by atoms with van der Waals surface area (Å²) in [4.78, 5) is 21.2. The third kappa shape index (κ3) is 4.60. The summed E-state index contributed by atoms with van der Waals surface area (Å²) in [6.07, 6.45) is 2.54. The van der Waals surface area contributed by atoms with Crippen LogP contribution in [-0.4, -0.2) is 36.1 Å². The minimum atomic E-state index is -0.925. The first-order valence-corrected chi connectivity index (χ1v) is 4.98. The number of carbonyl (C=O) groups is 2. The Kier molecular flexibility index (Phi) is 4.30. The summed E-state index contributed by atoms with van der Waals surface area (Å²) in [5.74, 6) is -0.836. The Bertz CT molecular complexity index is 276. The van der Waals surface area contributed by atoms with Gasteiger partial charge in [0.25, 0.3) is 0 Å². The van der Waals surface area contributed by atoms with Gasteiger partial charge in [-0.3, -0.25) is 4.79 Å². The Labute approximate surface area is 88.5 Å². The molecule has 1 unspecified atom stereocenters. The lowest BCUT2D eigenvalue weighted by Gasteiger charge is -2.23. The predicted molar refractivity (Wildman–Crippen MR) is 55.4 cm³/mol. The number of carboxylic acids is 1. The van der Waals surface area contributed by atoms with E-state index in [2.05, 4.69) is 10.6 Å². The van der Waals surface area contributed by atoms with Crippen molar-refractivity contribution in [1.29, 1.82) is 0 Å². The quantitative estimate of drug-likeness (QED) is 0.568. The molecule has 0 radical (unpaired) electrons. The summed E-state index contributed by atoms with van der Waals surface area (Å²) in [5.41, 5.74) is 0.777. The average Bonchev–Trinajstić information content (AvgIpc) is 2.16. The van der Waals surface area contributed by atoms with E-state index < -0.39 is 5.97 Å². The van der Waals surface area contributed by atoms with Gasteiger partial charge >= 0.3 is 5.97 Å². The minimum absolute atomic E-state index is 0.0888. The molecule has 0 saturated carbocycles. The fourth-order valence-electron chi connectivity index (χ4n) is 1.47. The van der Waals surface area contributed by atoms with Crippen molar-refractivity contribution in [2.75, 3.05) is 13.1 Å². The molecule has 0 spiro atoms. The van der Waals surface area contributed by atoms with E-state index in [1.165, 1.54) is 6.08 Å². The molecule has 1 saturated heterocycles. The average molecular weight is 212 g/mol. The van der Waals surface area contributed by atoms with Gasteiger partial charge in [0.1, 0.15) is 0 Å². The van der Waals surface area contributed by atoms with Crippen molar-refractivity contribution in [2.24, 2.45) is 0 Å². The minimum Gasteiger partial charge on any atom is -0.478 e. The zero-order valence-corrected chi connectivity index (χ0v) is 8.75. The number of rotatable bonds is 4. The lowest BCUT2D eigenvalue weighted by Crippen LogP contribution is -2.46. The highest BCUT2D eigenvalue weighted by molar-refractivity contribution is 5.80. The predicted octanol–water partition coefficient (Wildman–Crippen LogP) is -0.114. The maximum absolute atomic E-state index is 10.9. The number of piperidine rings is 1. The monoisotopic (exact) mass is 212 g/mol. The normalized spacial score (nSPS) is 22.3. The van der Waals surface area contributed by atoms with Crippen molar-refractivity contribution in [1.82, 2.24) is 10.6 Å². The number of aliphatic carboxylic acids is 1. The molecule has 84 valence electrons. The molecule has 0 aromatic carbocycles. The van der Waals surface area contributed by atoms with E-state index in [1.54, 1.807) is 6.92 Å². The summed E-state index contributed by atoms with van der Waals surface area (Å²) in [6, 6.07) is 0.250. The van der Waals surface area contributed by atoms with Gasteiger partial charge in [-0.15, -0.1) is 0 Å². The van der Waals surface area contributed by atoms with Crippen LogP contribution in [0.25, 0.3) is 0 Å². The second-order valence-electron chi connectivity index (χ2n) is 3.75. The molecule has 1 heterocycles. The van der Waals surface area contributed by atoms with Crippen LogP contribution in [0.15, 0.2) is 11.6 Å². The molecule has 1 atom stereocenters. The van der Waals surface area contributed by atoms with Crippen molar-refractivity contribution < 1.29 is 14.7 Å². The Morgan fingerprint density at radius 3 is 3.00 bits per heavy atom. The van der Waals surface area contributed by atoms with Gasteiger partial charge in [-0.05, 0) is 13.3 Å². The summed E-state index contributed by atoms with van der Waals surface area (Å²) >= 11 is 0. The first-order chi connectivity index (χ1) is 7.08. The van der Waals surface area contributed by atoms with Gasteiger partial charge in [0.05, 0.1) is 0 Å². The standard InChI is InChI=1S/C10H16N2O3/c1-7(4-10(14)15)5-11-8-2-3-9(13)12-6-8/h4,8,11H,2-3,5-6H2,1H3,(H,12,13)(H,14,15). The maximum atomic E-state index is 10.9. The van der Waals surface area contributed by atoms with Gasteiger partial charge in [-0.1, -0.05) is 5.57 Å². The first-order valence-electron chi connectivity index (χ1n) is 4.98. The SMILES string of the molecule is CC(=CC(=O)O)CNC1CCC(=O)NC1. The molecule has 3 N–H and O–H groups in total. The Morgan fingerprint density at radius 2 is 2.47 bits per heavy atom. The van der Waals surface area contributed by atoms with Gasteiger partial charge < -0.3 is 15.7 Å². The number of nitrogens with one attached hydrogen (secondary N) is 2. The molecule has 5 nitrogen and oxygen atoms in total. The molecular weight excluding hydrogens is 196 g/mol. The second-order valence-corrected chi connectivity index (χ2v) is 3.75. The molecular formula is C10H16N2O3. The van der Waals surface area contributed by atoms with Crippen LogP contribution in [0.1, 0.15) is 19.8 Å². The van der Waals surface area contributed by atoms with Crippen LogP contribution in [-0.2, 0) is 9.59 Å².